The van der Waals surface area contributed by atoms with Crippen LogP contribution < -0.4 is 10.0 Å². The van der Waals surface area contributed by atoms with Crippen LogP contribution in [0.3, 0.4) is 0 Å². The van der Waals surface area contributed by atoms with Gasteiger partial charge in [-0.1, -0.05) is 12.1 Å². The first kappa shape index (κ1) is 14.9. The number of nitrogens with one attached hydrogen (secondary N) is 2. The van der Waals surface area contributed by atoms with Crippen LogP contribution in [0, 0.1) is 0 Å². The van der Waals surface area contributed by atoms with E-state index in [2.05, 4.69) is 10.0 Å². The molecule has 18 heavy (non-hydrogen) atoms. The van der Waals surface area contributed by atoms with Gasteiger partial charge in [-0.05, 0) is 32.9 Å². The molecular weight excluding hydrogens is 252 g/mol. The first-order valence-electron chi connectivity index (χ1n) is 5.86. The minimum absolute atomic E-state index is 0.167. The molecule has 1 unspecified atom stereocenters. The summed E-state index contributed by atoms with van der Waals surface area (Å²) in [7, 11) is -3.53. The summed E-state index contributed by atoms with van der Waals surface area (Å²) in [5.74, 6) is 0. The van der Waals surface area contributed by atoms with Crippen molar-refractivity contribution >= 4 is 15.7 Å². The maximum absolute atomic E-state index is 12.1. The van der Waals surface area contributed by atoms with E-state index in [9.17, 15) is 13.5 Å². The lowest BCUT2D eigenvalue weighted by molar-refractivity contribution is 0.208. The number of sulfonamides is 1. The maximum Gasteiger partial charge on any atom is 0.242 e. The van der Waals surface area contributed by atoms with E-state index >= 15 is 0 Å². The molecule has 6 heteroatoms. The lowest BCUT2D eigenvalue weighted by Crippen LogP contribution is -2.31. The summed E-state index contributed by atoms with van der Waals surface area (Å²) in [6.07, 6.45) is -0.543. The van der Waals surface area contributed by atoms with Gasteiger partial charge in [0.1, 0.15) is 4.90 Å². The van der Waals surface area contributed by atoms with Gasteiger partial charge >= 0.3 is 0 Å². The van der Waals surface area contributed by atoms with Crippen molar-refractivity contribution in [2.24, 2.45) is 0 Å². The number of para-hydroxylation sites is 1. The van der Waals surface area contributed by atoms with Crippen LogP contribution in [0.15, 0.2) is 29.2 Å². The smallest absolute Gasteiger partial charge is 0.242 e. The van der Waals surface area contributed by atoms with Crippen LogP contribution in [0.4, 0.5) is 5.69 Å². The molecule has 0 bridgehead atoms. The van der Waals surface area contributed by atoms with Crippen LogP contribution in [0.1, 0.15) is 20.8 Å². The topological polar surface area (TPSA) is 78.4 Å². The molecule has 0 aromatic heterocycles. The molecule has 1 aromatic carbocycles. The van der Waals surface area contributed by atoms with Crippen molar-refractivity contribution < 1.29 is 13.5 Å². The first-order valence-corrected chi connectivity index (χ1v) is 7.34. The van der Waals surface area contributed by atoms with Crippen LogP contribution in [0.5, 0.6) is 0 Å². The zero-order valence-electron chi connectivity index (χ0n) is 10.8. The molecule has 0 aliphatic carbocycles. The summed E-state index contributed by atoms with van der Waals surface area (Å²) >= 11 is 0. The number of rotatable bonds is 6. The van der Waals surface area contributed by atoms with Crippen molar-refractivity contribution in [2.75, 3.05) is 11.9 Å². The fourth-order valence-electron chi connectivity index (χ4n) is 1.48. The van der Waals surface area contributed by atoms with E-state index in [-0.39, 0.29) is 10.9 Å². The maximum atomic E-state index is 12.1. The second-order valence-corrected chi connectivity index (χ2v) is 6.18. The van der Waals surface area contributed by atoms with E-state index in [1.165, 1.54) is 6.07 Å². The highest BCUT2D eigenvalue weighted by Crippen LogP contribution is 2.20. The molecule has 0 radical (unpaired) electrons. The first-order chi connectivity index (χ1) is 8.33. The van der Waals surface area contributed by atoms with Crippen molar-refractivity contribution in [1.82, 2.24) is 4.72 Å². The number of aliphatic hydroxyl groups excluding tert-OH is 1. The Labute approximate surface area is 108 Å². The fourth-order valence-corrected chi connectivity index (χ4v) is 2.91. The Morgan fingerprint density at radius 3 is 2.39 bits per heavy atom. The van der Waals surface area contributed by atoms with Crippen LogP contribution >= 0.6 is 0 Å². The van der Waals surface area contributed by atoms with Gasteiger partial charge in [-0.15, -0.1) is 0 Å². The Bertz CT molecular complexity index is 484. The highest BCUT2D eigenvalue weighted by Gasteiger charge is 2.18. The molecule has 0 saturated heterocycles. The van der Waals surface area contributed by atoms with E-state index in [4.69, 9.17) is 0 Å². The fraction of sp³-hybridized carbons (Fsp3) is 0.500. The molecule has 1 atom stereocenters. The second kappa shape index (κ2) is 6.17. The highest BCUT2D eigenvalue weighted by molar-refractivity contribution is 7.89. The Morgan fingerprint density at radius 2 is 1.83 bits per heavy atom. The van der Waals surface area contributed by atoms with Crippen molar-refractivity contribution in [2.45, 2.75) is 37.8 Å². The number of hydrogen-bond donors (Lipinski definition) is 3. The van der Waals surface area contributed by atoms with Gasteiger partial charge in [0.15, 0.2) is 0 Å². The SMILES string of the molecule is CC(O)CNc1ccccc1S(=O)(=O)NC(C)C. The molecule has 0 fully saturated rings. The van der Waals surface area contributed by atoms with Gasteiger partial charge in [-0.3, -0.25) is 0 Å². The van der Waals surface area contributed by atoms with E-state index in [1.54, 1.807) is 39.0 Å². The van der Waals surface area contributed by atoms with Gasteiger partial charge in [0.25, 0.3) is 0 Å². The molecule has 0 amide bonds. The summed E-state index contributed by atoms with van der Waals surface area (Å²) in [6.45, 7) is 5.47. The molecule has 0 aliphatic heterocycles. The lowest BCUT2D eigenvalue weighted by atomic mass is 10.3. The highest BCUT2D eigenvalue weighted by atomic mass is 32.2. The zero-order chi connectivity index (χ0) is 13.8. The number of benzene rings is 1. The summed E-state index contributed by atoms with van der Waals surface area (Å²) in [4.78, 5) is 0.194. The molecule has 5 nitrogen and oxygen atoms in total. The molecule has 1 aromatic rings. The normalized spacial score (nSPS) is 13.6. The Kier molecular flexibility index (Phi) is 5.13. The quantitative estimate of drug-likeness (QED) is 0.726. The molecule has 0 aliphatic rings. The van der Waals surface area contributed by atoms with Gasteiger partial charge in [0, 0.05) is 12.6 Å². The summed E-state index contributed by atoms with van der Waals surface area (Å²) < 4.78 is 26.7. The molecule has 0 spiro atoms. The molecule has 1 rings (SSSR count). The van der Waals surface area contributed by atoms with Gasteiger partial charge in [-0.25, -0.2) is 13.1 Å². The molecule has 0 saturated carbocycles. The third-order valence-electron chi connectivity index (χ3n) is 2.16. The average molecular weight is 272 g/mol. The van der Waals surface area contributed by atoms with Crippen molar-refractivity contribution in [3.63, 3.8) is 0 Å². The zero-order valence-corrected chi connectivity index (χ0v) is 11.7. The third kappa shape index (κ3) is 4.29. The van der Waals surface area contributed by atoms with Crippen molar-refractivity contribution in [3.05, 3.63) is 24.3 Å². The summed E-state index contributed by atoms with van der Waals surface area (Å²) in [5, 5.41) is 12.1. The summed E-state index contributed by atoms with van der Waals surface area (Å²) in [5.41, 5.74) is 0.492. The Morgan fingerprint density at radius 1 is 1.22 bits per heavy atom. The standard InChI is InChI=1S/C12H20N2O3S/c1-9(2)14-18(16,17)12-7-5-4-6-11(12)13-8-10(3)15/h4-7,9-10,13-15H,8H2,1-3H3. The van der Waals surface area contributed by atoms with Crippen LogP contribution in [-0.2, 0) is 10.0 Å². The minimum atomic E-state index is -3.53. The Balaban J connectivity index is 3.01. The van der Waals surface area contributed by atoms with Gasteiger partial charge < -0.3 is 10.4 Å². The van der Waals surface area contributed by atoms with Gasteiger partial charge in [-0.2, -0.15) is 0 Å². The largest absolute Gasteiger partial charge is 0.392 e. The van der Waals surface area contributed by atoms with E-state index in [1.807, 2.05) is 0 Å². The third-order valence-corrected chi connectivity index (χ3v) is 3.87. The number of hydrogen-bond acceptors (Lipinski definition) is 4. The molecular formula is C12H20N2O3S. The van der Waals surface area contributed by atoms with E-state index in [0.29, 0.717) is 12.2 Å². The summed E-state index contributed by atoms with van der Waals surface area (Å²) in [6, 6.07) is 6.47. The molecule has 3 N–H and O–H groups in total. The Hall–Kier alpha value is -1.11. The molecule has 102 valence electrons. The predicted octanol–water partition coefficient (Wildman–Crippen LogP) is 1.17. The van der Waals surface area contributed by atoms with Gasteiger partial charge in [0.05, 0.1) is 11.8 Å². The van der Waals surface area contributed by atoms with Crippen LogP contribution in [0.25, 0.3) is 0 Å². The van der Waals surface area contributed by atoms with Crippen molar-refractivity contribution in [1.29, 1.82) is 0 Å². The number of aliphatic hydroxyl groups is 1. The average Bonchev–Trinajstić information content (AvgIpc) is 2.25. The predicted molar refractivity (Wildman–Crippen MR) is 72.1 cm³/mol. The molecule has 0 heterocycles. The minimum Gasteiger partial charge on any atom is -0.392 e. The van der Waals surface area contributed by atoms with Gasteiger partial charge in [0.2, 0.25) is 10.0 Å². The monoisotopic (exact) mass is 272 g/mol. The van der Waals surface area contributed by atoms with Crippen molar-refractivity contribution in [3.8, 4) is 0 Å². The second-order valence-electron chi connectivity index (χ2n) is 4.50. The van der Waals surface area contributed by atoms with Crippen LogP contribution in [0.2, 0.25) is 0 Å². The van der Waals surface area contributed by atoms with Crippen LogP contribution in [-0.4, -0.2) is 32.2 Å². The van der Waals surface area contributed by atoms with E-state index < -0.39 is 16.1 Å². The van der Waals surface area contributed by atoms with E-state index in [0.717, 1.165) is 0 Å². The lowest BCUT2D eigenvalue weighted by Gasteiger charge is -2.15. The number of anilines is 1.